The van der Waals surface area contributed by atoms with Gasteiger partial charge in [0.25, 0.3) is 11.8 Å². The molecule has 29 heavy (non-hydrogen) atoms. The molecule has 4 heterocycles. The van der Waals surface area contributed by atoms with E-state index in [1.54, 1.807) is 6.07 Å². The third kappa shape index (κ3) is 2.98. The van der Waals surface area contributed by atoms with Crippen molar-refractivity contribution in [3.8, 4) is 0 Å². The number of nitrogens with one attached hydrogen (secondary N) is 2. The van der Waals surface area contributed by atoms with Gasteiger partial charge in [0.1, 0.15) is 6.04 Å². The second kappa shape index (κ2) is 7.03. The van der Waals surface area contributed by atoms with E-state index in [2.05, 4.69) is 15.5 Å². The molecule has 2 N–H and O–H groups in total. The molecule has 3 atom stereocenters. The van der Waals surface area contributed by atoms with Crippen molar-refractivity contribution in [2.45, 2.75) is 44.3 Å². The van der Waals surface area contributed by atoms with Crippen LogP contribution in [0.2, 0.25) is 0 Å². The van der Waals surface area contributed by atoms with Crippen molar-refractivity contribution >= 4 is 23.6 Å². The van der Waals surface area contributed by atoms with Crippen LogP contribution in [0.4, 0.5) is 0 Å². The number of benzene rings is 1. The molecule has 3 saturated heterocycles. The summed E-state index contributed by atoms with van der Waals surface area (Å²) in [7, 11) is 0. The maximum Gasteiger partial charge on any atom is 0.262 e. The average Bonchev–Trinajstić information content (AvgIpc) is 3.28. The molecular formula is C21H24N4O4. The summed E-state index contributed by atoms with van der Waals surface area (Å²) in [5.41, 5.74) is 1.61. The van der Waals surface area contributed by atoms with Gasteiger partial charge >= 0.3 is 0 Å². The van der Waals surface area contributed by atoms with Gasteiger partial charge in [-0.05, 0) is 49.9 Å². The predicted octanol–water partition coefficient (Wildman–Crippen LogP) is 0.272. The topological polar surface area (TPSA) is 98.8 Å². The van der Waals surface area contributed by atoms with Crippen molar-refractivity contribution in [1.29, 1.82) is 0 Å². The fourth-order valence-corrected chi connectivity index (χ4v) is 5.30. The van der Waals surface area contributed by atoms with Crippen LogP contribution in [0.3, 0.4) is 0 Å². The van der Waals surface area contributed by atoms with E-state index in [0.29, 0.717) is 29.6 Å². The Labute approximate surface area is 168 Å². The molecular weight excluding hydrogens is 372 g/mol. The maximum absolute atomic E-state index is 13.2. The molecule has 1 aromatic carbocycles. The Kier molecular flexibility index (Phi) is 4.48. The van der Waals surface area contributed by atoms with E-state index < -0.39 is 23.8 Å². The number of fused-ring (bicyclic) bond motifs is 2. The van der Waals surface area contributed by atoms with Crippen LogP contribution in [0.25, 0.3) is 0 Å². The molecule has 0 spiro atoms. The number of likely N-dealkylation sites (tertiary alicyclic amines) is 1. The average molecular weight is 396 g/mol. The van der Waals surface area contributed by atoms with Crippen molar-refractivity contribution < 1.29 is 19.2 Å². The van der Waals surface area contributed by atoms with Crippen LogP contribution in [-0.2, 0) is 16.1 Å². The van der Waals surface area contributed by atoms with Gasteiger partial charge in [-0.15, -0.1) is 0 Å². The van der Waals surface area contributed by atoms with Gasteiger partial charge in [0.05, 0.1) is 11.1 Å². The first-order valence-electron chi connectivity index (χ1n) is 10.3. The van der Waals surface area contributed by atoms with Gasteiger partial charge in [-0.1, -0.05) is 12.1 Å². The minimum atomic E-state index is -0.925. The van der Waals surface area contributed by atoms with Gasteiger partial charge in [0.15, 0.2) is 0 Å². The molecule has 0 radical (unpaired) electrons. The molecule has 3 fully saturated rings. The van der Waals surface area contributed by atoms with Gasteiger partial charge in [0, 0.05) is 25.6 Å². The zero-order valence-corrected chi connectivity index (χ0v) is 16.1. The van der Waals surface area contributed by atoms with Crippen molar-refractivity contribution in [1.82, 2.24) is 20.4 Å². The van der Waals surface area contributed by atoms with Gasteiger partial charge in [-0.2, -0.15) is 0 Å². The van der Waals surface area contributed by atoms with E-state index in [1.807, 2.05) is 12.1 Å². The third-order valence-corrected chi connectivity index (χ3v) is 6.72. The number of imide groups is 2. The lowest BCUT2D eigenvalue weighted by molar-refractivity contribution is -0.136. The number of rotatable bonds is 3. The molecule has 1 unspecified atom stereocenters. The van der Waals surface area contributed by atoms with E-state index in [0.717, 1.165) is 36.5 Å². The quantitative estimate of drug-likeness (QED) is 0.712. The van der Waals surface area contributed by atoms with Gasteiger partial charge < -0.3 is 5.32 Å². The largest absolute Gasteiger partial charge is 0.315 e. The number of piperidine rings is 2. The third-order valence-electron chi connectivity index (χ3n) is 6.72. The summed E-state index contributed by atoms with van der Waals surface area (Å²) in [4.78, 5) is 53.4. The highest BCUT2D eigenvalue weighted by Crippen LogP contribution is 2.33. The fourth-order valence-electron chi connectivity index (χ4n) is 5.30. The van der Waals surface area contributed by atoms with Crippen molar-refractivity contribution in [3.05, 3.63) is 34.9 Å². The summed E-state index contributed by atoms with van der Waals surface area (Å²) in [6, 6.07) is 4.90. The minimum Gasteiger partial charge on any atom is -0.315 e. The number of amides is 4. The summed E-state index contributed by atoms with van der Waals surface area (Å²) < 4.78 is 0. The lowest BCUT2D eigenvalue weighted by Gasteiger charge is -2.37. The molecule has 0 bridgehead atoms. The van der Waals surface area contributed by atoms with E-state index in [9.17, 15) is 19.2 Å². The predicted molar refractivity (Wildman–Crippen MR) is 103 cm³/mol. The monoisotopic (exact) mass is 396 g/mol. The van der Waals surface area contributed by atoms with Crippen LogP contribution in [-0.4, -0.2) is 65.1 Å². The molecule has 8 heteroatoms. The number of carbonyl (C=O) groups is 4. The second-order valence-electron chi connectivity index (χ2n) is 8.39. The zero-order chi connectivity index (χ0) is 20.1. The van der Waals surface area contributed by atoms with Crippen LogP contribution in [0.15, 0.2) is 18.2 Å². The summed E-state index contributed by atoms with van der Waals surface area (Å²) in [5, 5.41) is 5.70. The molecule has 8 nitrogen and oxygen atoms in total. The SMILES string of the molecule is O=C1CCC(N2C(=O)c3cccc(CN4CCC[C@H]5CNC[C@H]54)c3C2=O)C(=O)N1. The van der Waals surface area contributed by atoms with Crippen molar-refractivity contribution in [2.75, 3.05) is 19.6 Å². The standard InChI is InChI=1S/C21H24N4O4/c26-17-7-6-15(19(27)23-17)25-20(28)14-5-1-3-13(18(14)21(25)29)11-24-8-2-4-12-9-22-10-16(12)24/h1,3,5,12,15-16,22H,2,4,6-11H2,(H,23,26,27)/t12-,15?,16+/m0/s1. The van der Waals surface area contributed by atoms with Crippen LogP contribution in [0, 0.1) is 5.92 Å². The summed E-state index contributed by atoms with van der Waals surface area (Å²) in [6.07, 6.45) is 2.66. The second-order valence-corrected chi connectivity index (χ2v) is 8.39. The summed E-state index contributed by atoms with van der Waals surface area (Å²) in [6.45, 7) is 3.59. The highest BCUT2D eigenvalue weighted by Gasteiger charge is 2.46. The van der Waals surface area contributed by atoms with E-state index in [1.165, 1.54) is 6.42 Å². The maximum atomic E-state index is 13.2. The first-order valence-corrected chi connectivity index (χ1v) is 10.3. The van der Waals surface area contributed by atoms with Gasteiger partial charge in [-0.3, -0.25) is 34.3 Å². The van der Waals surface area contributed by atoms with Gasteiger partial charge in [-0.25, -0.2) is 0 Å². The Morgan fingerprint density at radius 2 is 1.90 bits per heavy atom. The highest BCUT2D eigenvalue weighted by molar-refractivity contribution is 6.24. The lowest BCUT2D eigenvalue weighted by Crippen LogP contribution is -2.54. The van der Waals surface area contributed by atoms with E-state index in [4.69, 9.17) is 0 Å². The zero-order valence-electron chi connectivity index (χ0n) is 16.1. The molecule has 152 valence electrons. The molecule has 5 rings (SSSR count). The number of carbonyl (C=O) groups excluding carboxylic acids is 4. The molecule has 4 amide bonds. The van der Waals surface area contributed by atoms with Crippen LogP contribution >= 0.6 is 0 Å². The van der Waals surface area contributed by atoms with Crippen LogP contribution in [0.1, 0.15) is 52.0 Å². The molecule has 4 aliphatic heterocycles. The number of hydrogen-bond donors (Lipinski definition) is 2. The Bertz CT molecular complexity index is 914. The number of nitrogens with zero attached hydrogens (tertiary/aromatic N) is 2. The van der Waals surface area contributed by atoms with Crippen LogP contribution < -0.4 is 10.6 Å². The lowest BCUT2D eigenvalue weighted by atomic mass is 9.91. The minimum absolute atomic E-state index is 0.126. The molecule has 0 aromatic heterocycles. The van der Waals surface area contributed by atoms with Crippen molar-refractivity contribution in [2.24, 2.45) is 5.92 Å². The summed E-state index contributed by atoms with van der Waals surface area (Å²) >= 11 is 0. The normalized spacial score (nSPS) is 29.8. The molecule has 1 aromatic rings. The highest BCUT2D eigenvalue weighted by atomic mass is 16.2. The van der Waals surface area contributed by atoms with E-state index >= 15 is 0 Å². The Morgan fingerprint density at radius 1 is 1.03 bits per heavy atom. The smallest absolute Gasteiger partial charge is 0.262 e. The van der Waals surface area contributed by atoms with Crippen LogP contribution in [0.5, 0.6) is 0 Å². The molecule has 0 saturated carbocycles. The Morgan fingerprint density at radius 3 is 2.72 bits per heavy atom. The summed E-state index contributed by atoms with van der Waals surface area (Å²) in [5.74, 6) is -1.17. The Hall–Kier alpha value is -2.58. The first kappa shape index (κ1) is 18.4. The molecule has 4 aliphatic rings. The van der Waals surface area contributed by atoms with Gasteiger partial charge in [0.2, 0.25) is 11.8 Å². The fraction of sp³-hybridized carbons (Fsp3) is 0.524. The van der Waals surface area contributed by atoms with Crippen molar-refractivity contribution in [3.63, 3.8) is 0 Å². The first-order chi connectivity index (χ1) is 14.0. The molecule has 0 aliphatic carbocycles. The Balaban J connectivity index is 1.43. The van der Waals surface area contributed by atoms with E-state index in [-0.39, 0.29) is 18.7 Å². The number of hydrogen-bond acceptors (Lipinski definition) is 6.